The van der Waals surface area contributed by atoms with Crippen LogP contribution in [0.3, 0.4) is 0 Å². The quantitative estimate of drug-likeness (QED) is 0.791. The average Bonchev–Trinajstić information content (AvgIpc) is 2.29. The van der Waals surface area contributed by atoms with E-state index in [1.165, 1.54) is 6.20 Å². The van der Waals surface area contributed by atoms with Crippen LogP contribution in [0.5, 0.6) is 0 Å². The molecule has 5 heteroatoms. The van der Waals surface area contributed by atoms with Crippen LogP contribution < -0.4 is 10.6 Å². The van der Waals surface area contributed by atoms with E-state index >= 15 is 0 Å². The van der Waals surface area contributed by atoms with Crippen molar-refractivity contribution in [2.24, 2.45) is 0 Å². The fourth-order valence-electron chi connectivity index (χ4n) is 1.40. The first-order chi connectivity index (χ1) is 7.67. The molecule has 88 valence electrons. The van der Waals surface area contributed by atoms with Crippen LogP contribution in [0.15, 0.2) is 12.4 Å². The maximum atomic E-state index is 11.8. The Morgan fingerprint density at radius 2 is 2.25 bits per heavy atom. The van der Waals surface area contributed by atoms with Gasteiger partial charge in [-0.1, -0.05) is 13.3 Å². The van der Waals surface area contributed by atoms with Crippen molar-refractivity contribution in [3.8, 4) is 0 Å². The molecule has 1 rings (SSSR count). The van der Waals surface area contributed by atoms with Gasteiger partial charge in [-0.05, 0) is 13.3 Å². The van der Waals surface area contributed by atoms with E-state index in [1.54, 1.807) is 13.2 Å². The van der Waals surface area contributed by atoms with Crippen LogP contribution in [0, 0.1) is 0 Å². The number of nitrogens with zero attached hydrogens (tertiary/aromatic N) is 2. The summed E-state index contributed by atoms with van der Waals surface area (Å²) in [5, 5.41) is 5.73. The fourth-order valence-corrected chi connectivity index (χ4v) is 1.40. The fraction of sp³-hybridized carbons (Fsp3) is 0.545. The molecule has 16 heavy (non-hydrogen) atoms. The second-order valence-electron chi connectivity index (χ2n) is 3.70. The average molecular weight is 222 g/mol. The third-order valence-electron chi connectivity index (χ3n) is 2.22. The van der Waals surface area contributed by atoms with Gasteiger partial charge >= 0.3 is 0 Å². The van der Waals surface area contributed by atoms with E-state index in [0.29, 0.717) is 11.5 Å². The molecule has 1 aromatic rings. The van der Waals surface area contributed by atoms with E-state index in [0.717, 1.165) is 12.8 Å². The highest BCUT2D eigenvalue weighted by Gasteiger charge is 2.11. The molecule has 0 aliphatic heterocycles. The van der Waals surface area contributed by atoms with E-state index in [2.05, 4.69) is 27.5 Å². The van der Waals surface area contributed by atoms with Gasteiger partial charge in [-0.25, -0.2) is 4.98 Å². The monoisotopic (exact) mass is 222 g/mol. The van der Waals surface area contributed by atoms with Crippen LogP contribution in [0.2, 0.25) is 0 Å². The maximum absolute atomic E-state index is 11.8. The molecular weight excluding hydrogens is 204 g/mol. The molecule has 0 fully saturated rings. The van der Waals surface area contributed by atoms with Crippen LogP contribution in [0.25, 0.3) is 0 Å². The Labute approximate surface area is 95.7 Å². The summed E-state index contributed by atoms with van der Waals surface area (Å²) >= 11 is 0. The Bertz CT molecular complexity index is 354. The van der Waals surface area contributed by atoms with Crippen LogP contribution in [-0.2, 0) is 0 Å². The van der Waals surface area contributed by atoms with Crippen LogP contribution in [0.1, 0.15) is 37.2 Å². The number of anilines is 1. The lowest BCUT2D eigenvalue weighted by atomic mass is 10.2. The second kappa shape index (κ2) is 6.05. The van der Waals surface area contributed by atoms with E-state index < -0.39 is 0 Å². The first-order valence-electron chi connectivity index (χ1n) is 5.48. The van der Waals surface area contributed by atoms with E-state index in [1.807, 2.05) is 6.92 Å². The molecule has 0 aliphatic carbocycles. The van der Waals surface area contributed by atoms with Gasteiger partial charge in [-0.2, -0.15) is 0 Å². The number of nitrogens with one attached hydrogen (secondary N) is 2. The third kappa shape index (κ3) is 3.49. The normalized spacial score (nSPS) is 11.9. The van der Waals surface area contributed by atoms with Gasteiger partial charge in [-0.3, -0.25) is 9.78 Å². The minimum Gasteiger partial charge on any atom is -0.372 e. The van der Waals surface area contributed by atoms with Gasteiger partial charge in [0.1, 0.15) is 11.5 Å². The summed E-state index contributed by atoms with van der Waals surface area (Å²) < 4.78 is 0. The standard InChI is InChI=1S/C11H18N4O/c1-4-5-8(2)14-11(16)9-6-13-7-10(12-3)15-9/h6-8H,4-5H2,1-3H3,(H,12,15)(H,14,16). The molecule has 1 unspecified atom stereocenters. The molecule has 0 saturated heterocycles. The molecule has 0 radical (unpaired) electrons. The van der Waals surface area contributed by atoms with Crippen molar-refractivity contribution in [1.29, 1.82) is 0 Å². The zero-order valence-electron chi connectivity index (χ0n) is 9.95. The summed E-state index contributed by atoms with van der Waals surface area (Å²) in [6.07, 6.45) is 5.05. The molecule has 1 amide bonds. The lowest BCUT2D eigenvalue weighted by molar-refractivity contribution is 0.0933. The summed E-state index contributed by atoms with van der Waals surface area (Å²) in [6, 6.07) is 0.164. The predicted octanol–water partition coefficient (Wildman–Crippen LogP) is 1.44. The van der Waals surface area contributed by atoms with E-state index in [4.69, 9.17) is 0 Å². The smallest absolute Gasteiger partial charge is 0.271 e. The second-order valence-corrected chi connectivity index (χ2v) is 3.70. The minimum absolute atomic E-state index is 0.164. The summed E-state index contributed by atoms with van der Waals surface area (Å²) in [6.45, 7) is 4.07. The molecule has 1 heterocycles. The Morgan fingerprint density at radius 3 is 2.88 bits per heavy atom. The maximum Gasteiger partial charge on any atom is 0.271 e. The third-order valence-corrected chi connectivity index (χ3v) is 2.22. The summed E-state index contributed by atoms with van der Waals surface area (Å²) in [4.78, 5) is 19.8. The largest absolute Gasteiger partial charge is 0.372 e. The Kier molecular flexibility index (Phi) is 4.69. The highest BCUT2D eigenvalue weighted by molar-refractivity contribution is 5.92. The predicted molar refractivity (Wildman–Crippen MR) is 63.4 cm³/mol. The lowest BCUT2D eigenvalue weighted by Crippen LogP contribution is -2.33. The highest BCUT2D eigenvalue weighted by Crippen LogP contribution is 2.02. The van der Waals surface area contributed by atoms with Gasteiger partial charge in [0.2, 0.25) is 0 Å². The summed E-state index contributed by atoms with van der Waals surface area (Å²) in [5.74, 6) is 0.418. The van der Waals surface area contributed by atoms with Crippen LogP contribution >= 0.6 is 0 Å². The number of hydrogen-bond donors (Lipinski definition) is 2. The Balaban J connectivity index is 2.65. The molecule has 0 bridgehead atoms. The molecule has 5 nitrogen and oxygen atoms in total. The van der Waals surface area contributed by atoms with Crippen molar-refractivity contribution in [3.63, 3.8) is 0 Å². The van der Waals surface area contributed by atoms with Crippen molar-refractivity contribution in [1.82, 2.24) is 15.3 Å². The number of amides is 1. The lowest BCUT2D eigenvalue weighted by Gasteiger charge is -2.12. The first kappa shape index (κ1) is 12.4. The molecule has 2 N–H and O–H groups in total. The Morgan fingerprint density at radius 1 is 1.50 bits per heavy atom. The zero-order chi connectivity index (χ0) is 12.0. The van der Waals surface area contributed by atoms with Gasteiger partial charge in [0.25, 0.3) is 5.91 Å². The number of aromatic nitrogens is 2. The molecule has 0 aromatic carbocycles. The van der Waals surface area contributed by atoms with Crippen molar-refractivity contribution in [2.75, 3.05) is 12.4 Å². The van der Waals surface area contributed by atoms with Crippen molar-refractivity contribution in [2.45, 2.75) is 32.7 Å². The van der Waals surface area contributed by atoms with Gasteiger partial charge < -0.3 is 10.6 Å². The summed E-state index contributed by atoms with van der Waals surface area (Å²) in [7, 11) is 1.74. The first-order valence-corrected chi connectivity index (χ1v) is 5.48. The van der Waals surface area contributed by atoms with Gasteiger partial charge in [-0.15, -0.1) is 0 Å². The molecule has 1 aromatic heterocycles. The number of rotatable bonds is 5. The Hall–Kier alpha value is -1.65. The van der Waals surface area contributed by atoms with E-state index in [9.17, 15) is 4.79 Å². The number of hydrogen-bond acceptors (Lipinski definition) is 4. The van der Waals surface area contributed by atoms with Crippen LogP contribution in [0.4, 0.5) is 5.82 Å². The minimum atomic E-state index is -0.175. The van der Waals surface area contributed by atoms with Gasteiger partial charge in [0, 0.05) is 13.1 Å². The van der Waals surface area contributed by atoms with Crippen molar-refractivity contribution in [3.05, 3.63) is 18.1 Å². The zero-order valence-corrected chi connectivity index (χ0v) is 9.95. The molecule has 0 aliphatic rings. The number of carbonyl (C=O) groups excluding carboxylic acids is 1. The van der Waals surface area contributed by atoms with Gasteiger partial charge in [0.15, 0.2) is 0 Å². The molecule has 1 atom stereocenters. The molecule has 0 spiro atoms. The van der Waals surface area contributed by atoms with Gasteiger partial charge in [0.05, 0.1) is 12.4 Å². The van der Waals surface area contributed by atoms with E-state index in [-0.39, 0.29) is 11.9 Å². The van der Waals surface area contributed by atoms with Crippen molar-refractivity contribution < 1.29 is 4.79 Å². The topological polar surface area (TPSA) is 66.9 Å². The highest BCUT2D eigenvalue weighted by atomic mass is 16.1. The SMILES string of the molecule is CCCC(C)NC(=O)c1cncc(NC)n1. The summed E-state index contributed by atoms with van der Waals surface area (Å²) in [5.41, 5.74) is 0.342. The van der Waals surface area contributed by atoms with Crippen LogP contribution in [-0.4, -0.2) is 29.0 Å². The van der Waals surface area contributed by atoms with Crippen molar-refractivity contribution >= 4 is 11.7 Å². The molecular formula is C11H18N4O. The molecule has 0 saturated carbocycles. The number of carbonyl (C=O) groups is 1.